The molecule has 0 atom stereocenters. The van der Waals surface area contributed by atoms with E-state index in [1.165, 1.54) is 4.90 Å². The molecule has 0 spiro atoms. The Morgan fingerprint density at radius 2 is 1.93 bits per heavy atom. The van der Waals surface area contributed by atoms with Gasteiger partial charge in [-0.05, 0) is 50.2 Å². The number of carbonyl (C=O) groups excluding carboxylic acids is 1. The Balaban J connectivity index is 1.88. The van der Waals surface area contributed by atoms with E-state index in [-0.39, 0.29) is 5.91 Å². The number of hydrogen-bond acceptors (Lipinski definition) is 5. The van der Waals surface area contributed by atoms with Gasteiger partial charge in [-0.25, -0.2) is 4.98 Å². The summed E-state index contributed by atoms with van der Waals surface area (Å²) < 4.78 is 1.10. The van der Waals surface area contributed by atoms with Crippen molar-refractivity contribution in [1.82, 2.24) is 9.88 Å². The largest absolute Gasteiger partial charge is 0.308 e. The molecule has 6 heteroatoms. The van der Waals surface area contributed by atoms with Crippen LogP contribution in [-0.4, -0.2) is 49.2 Å². The number of anilines is 1. The lowest BCUT2D eigenvalue weighted by Gasteiger charge is -2.20. The Morgan fingerprint density at radius 1 is 1.15 bits per heavy atom. The topological polar surface area (TPSA) is 36.4 Å². The summed E-state index contributed by atoms with van der Waals surface area (Å²) >= 11 is 3.27. The lowest BCUT2D eigenvalue weighted by molar-refractivity contribution is -0.114. The fourth-order valence-corrected chi connectivity index (χ4v) is 4.11. The van der Waals surface area contributed by atoms with Crippen LogP contribution in [0.3, 0.4) is 0 Å². The minimum atomic E-state index is -0.0511. The first-order valence-corrected chi connectivity index (χ1v) is 10.7. The Bertz CT molecular complexity index is 935. The predicted octanol–water partition coefficient (Wildman–Crippen LogP) is 4.63. The summed E-state index contributed by atoms with van der Waals surface area (Å²) in [5, 5.41) is 0.743. The number of carbonyl (C=O) groups is 1. The van der Waals surface area contributed by atoms with Crippen LogP contribution in [-0.2, 0) is 4.79 Å². The third kappa shape index (κ3) is 5.19. The maximum atomic E-state index is 12.9. The van der Waals surface area contributed by atoms with Gasteiger partial charge >= 0.3 is 0 Å². The number of fused-ring (bicyclic) bond motifs is 1. The molecule has 0 radical (unpaired) electrons. The van der Waals surface area contributed by atoms with Crippen LogP contribution in [0.5, 0.6) is 0 Å². The standard InChI is InChI=1S/C21H23N3OS2/c1-23(2)13-14-24(20(25)12-9-16-7-5-4-6-8-16)21-22-18-11-10-17(26-3)15-19(18)27-21/h4-12,15H,13-14H2,1-3H3/b12-9+. The number of benzene rings is 2. The quantitative estimate of drug-likeness (QED) is 0.430. The van der Waals surface area contributed by atoms with Crippen molar-refractivity contribution in [3.05, 3.63) is 60.2 Å². The Morgan fingerprint density at radius 3 is 2.63 bits per heavy atom. The summed E-state index contributed by atoms with van der Waals surface area (Å²) in [4.78, 5) is 22.7. The van der Waals surface area contributed by atoms with Crippen LogP contribution in [0.1, 0.15) is 5.56 Å². The Hall–Kier alpha value is -2.15. The highest BCUT2D eigenvalue weighted by Gasteiger charge is 2.18. The Labute approximate surface area is 168 Å². The van der Waals surface area contributed by atoms with Gasteiger partial charge in [-0.2, -0.15) is 0 Å². The van der Waals surface area contributed by atoms with Gasteiger partial charge in [0.1, 0.15) is 0 Å². The highest BCUT2D eigenvalue weighted by atomic mass is 32.2. The molecule has 0 aliphatic rings. The fraction of sp³-hybridized carbons (Fsp3) is 0.238. The first-order valence-electron chi connectivity index (χ1n) is 8.71. The lowest BCUT2D eigenvalue weighted by Crippen LogP contribution is -2.35. The van der Waals surface area contributed by atoms with E-state index < -0.39 is 0 Å². The van der Waals surface area contributed by atoms with E-state index in [4.69, 9.17) is 4.98 Å². The van der Waals surface area contributed by atoms with Crippen molar-refractivity contribution in [3.8, 4) is 0 Å². The summed E-state index contributed by atoms with van der Waals surface area (Å²) in [5.74, 6) is -0.0511. The van der Waals surface area contributed by atoms with E-state index in [2.05, 4.69) is 23.3 Å². The zero-order chi connectivity index (χ0) is 19.2. The van der Waals surface area contributed by atoms with Gasteiger partial charge in [-0.3, -0.25) is 9.69 Å². The molecule has 0 unspecified atom stereocenters. The number of aromatic nitrogens is 1. The van der Waals surface area contributed by atoms with Crippen LogP contribution in [0.15, 0.2) is 59.5 Å². The number of nitrogens with zero attached hydrogens (tertiary/aromatic N) is 3. The van der Waals surface area contributed by atoms with Crippen molar-refractivity contribution in [3.63, 3.8) is 0 Å². The lowest BCUT2D eigenvalue weighted by atomic mass is 10.2. The molecule has 3 rings (SSSR count). The van der Waals surface area contributed by atoms with Crippen molar-refractivity contribution in [1.29, 1.82) is 0 Å². The monoisotopic (exact) mass is 397 g/mol. The molecule has 1 amide bonds. The summed E-state index contributed by atoms with van der Waals surface area (Å²) in [6, 6.07) is 16.1. The van der Waals surface area contributed by atoms with Crippen molar-refractivity contribution in [2.45, 2.75) is 4.90 Å². The first kappa shape index (κ1) is 19.6. The fourth-order valence-electron chi connectivity index (χ4n) is 2.56. The van der Waals surface area contributed by atoms with Gasteiger partial charge in [0.05, 0.1) is 10.2 Å². The normalized spacial score (nSPS) is 11.6. The molecule has 0 aliphatic carbocycles. The zero-order valence-electron chi connectivity index (χ0n) is 15.8. The molecule has 0 fully saturated rings. The molecule has 0 bridgehead atoms. The third-order valence-corrected chi connectivity index (χ3v) is 5.84. The van der Waals surface area contributed by atoms with Gasteiger partial charge < -0.3 is 4.90 Å². The maximum Gasteiger partial charge on any atom is 0.252 e. The Kier molecular flexibility index (Phi) is 6.66. The van der Waals surface area contributed by atoms with Gasteiger partial charge in [-0.1, -0.05) is 41.7 Å². The molecule has 4 nitrogen and oxygen atoms in total. The second kappa shape index (κ2) is 9.17. The molecule has 1 aromatic heterocycles. The van der Waals surface area contributed by atoms with Crippen molar-refractivity contribution in [2.24, 2.45) is 0 Å². The molecule has 0 N–H and O–H groups in total. The number of likely N-dealkylation sites (N-methyl/N-ethyl adjacent to an activating group) is 1. The molecule has 140 valence electrons. The molecule has 0 aliphatic heterocycles. The van der Waals surface area contributed by atoms with E-state index in [0.717, 1.165) is 27.5 Å². The summed E-state index contributed by atoms with van der Waals surface area (Å²) in [6.45, 7) is 1.37. The molecule has 0 saturated heterocycles. The second-order valence-electron chi connectivity index (χ2n) is 6.37. The van der Waals surface area contributed by atoms with Crippen LogP contribution >= 0.6 is 23.1 Å². The average Bonchev–Trinajstić information content (AvgIpc) is 3.09. The van der Waals surface area contributed by atoms with E-state index >= 15 is 0 Å². The van der Waals surface area contributed by atoms with Crippen molar-refractivity contribution < 1.29 is 4.79 Å². The van der Waals surface area contributed by atoms with Gasteiger partial charge in [0.2, 0.25) is 0 Å². The number of rotatable bonds is 7. The molecular weight excluding hydrogens is 374 g/mol. The smallest absolute Gasteiger partial charge is 0.252 e. The summed E-state index contributed by atoms with van der Waals surface area (Å²) in [7, 11) is 4.01. The van der Waals surface area contributed by atoms with Crippen LogP contribution < -0.4 is 4.90 Å². The SMILES string of the molecule is CSc1ccc2nc(N(CCN(C)C)C(=O)/C=C/c3ccccc3)sc2c1. The minimum absolute atomic E-state index is 0.0511. The summed E-state index contributed by atoms with van der Waals surface area (Å²) in [6.07, 6.45) is 5.54. The van der Waals surface area contributed by atoms with E-state index in [1.54, 1.807) is 34.1 Å². The highest BCUT2D eigenvalue weighted by molar-refractivity contribution is 7.98. The molecule has 27 heavy (non-hydrogen) atoms. The number of thiazole rings is 1. The van der Waals surface area contributed by atoms with E-state index in [1.807, 2.05) is 56.6 Å². The van der Waals surface area contributed by atoms with Crippen molar-refractivity contribution in [2.75, 3.05) is 38.3 Å². The van der Waals surface area contributed by atoms with E-state index in [9.17, 15) is 4.79 Å². The number of hydrogen-bond donors (Lipinski definition) is 0. The van der Waals surface area contributed by atoms with Gasteiger partial charge in [-0.15, -0.1) is 11.8 Å². The van der Waals surface area contributed by atoms with Crippen LogP contribution in [0.25, 0.3) is 16.3 Å². The average molecular weight is 398 g/mol. The van der Waals surface area contributed by atoms with E-state index in [0.29, 0.717) is 6.54 Å². The minimum Gasteiger partial charge on any atom is -0.308 e. The first-order chi connectivity index (χ1) is 13.1. The number of thioether (sulfide) groups is 1. The predicted molar refractivity (Wildman–Crippen MR) is 118 cm³/mol. The van der Waals surface area contributed by atoms with Crippen molar-refractivity contribution >= 4 is 50.4 Å². The van der Waals surface area contributed by atoms with Crippen LogP contribution in [0.4, 0.5) is 5.13 Å². The molecule has 3 aromatic rings. The maximum absolute atomic E-state index is 12.9. The van der Waals surface area contributed by atoms with Crippen LogP contribution in [0, 0.1) is 0 Å². The molecular formula is C21H23N3OS2. The summed E-state index contributed by atoms with van der Waals surface area (Å²) in [5.41, 5.74) is 1.94. The van der Waals surface area contributed by atoms with Gasteiger partial charge in [0, 0.05) is 24.1 Å². The zero-order valence-corrected chi connectivity index (χ0v) is 17.4. The number of amides is 1. The molecule has 0 saturated carbocycles. The van der Waals surface area contributed by atoms with Crippen LogP contribution in [0.2, 0.25) is 0 Å². The molecule has 2 aromatic carbocycles. The second-order valence-corrected chi connectivity index (χ2v) is 8.26. The van der Waals surface area contributed by atoms with Gasteiger partial charge in [0.15, 0.2) is 5.13 Å². The van der Waals surface area contributed by atoms with Gasteiger partial charge in [0.25, 0.3) is 5.91 Å². The highest BCUT2D eigenvalue weighted by Crippen LogP contribution is 2.31. The third-order valence-electron chi connectivity index (χ3n) is 4.07. The molecule has 1 heterocycles.